The lowest BCUT2D eigenvalue weighted by Crippen LogP contribution is -2.58. The summed E-state index contributed by atoms with van der Waals surface area (Å²) in [5.74, 6) is 0.873. The molecule has 0 amide bonds. The number of hydrogen-bond acceptors (Lipinski definition) is 3. The Morgan fingerprint density at radius 3 is 2.50 bits per heavy atom. The van der Waals surface area contributed by atoms with Crippen LogP contribution >= 0.6 is 35.6 Å². The first-order chi connectivity index (χ1) is 11.5. The summed E-state index contributed by atoms with van der Waals surface area (Å²) in [6.07, 6.45) is 0. The molecule has 1 aromatic carbocycles. The summed E-state index contributed by atoms with van der Waals surface area (Å²) in [7, 11) is -1.35. The monoisotopic (exact) mass is 513 g/mol. The average Bonchev–Trinajstić information content (AvgIpc) is 2.51. The number of guanidine groups is 1. The largest absolute Gasteiger partial charge is 0.355 e. The minimum atomic E-state index is -3.07. The smallest absolute Gasteiger partial charge is 0.193 e. The minimum absolute atomic E-state index is 0. The first-order valence-corrected chi connectivity index (χ1v) is 10.5. The van der Waals surface area contributed by atoms with Gasteiger partial charge in [0.15, 0.2) is 15.8 Å². The van der Waals surface area contributed by atoms with E-state index in [-0.39, 0.29) is 35.1 Å². The van der Waals surface area contributed by atoms with Gasteiger partial charge < -0.3 is 10.2 Å². The van der Waals surface area contributed by atoms with Crippen molar-refractivity contribution in [3.05, 3.63) is 34.9 Å². The molecule has 0 aliphatic carbocycles. The molecular weight excluding hydrogens is 485 g/mol. The van der Waals surface area contributed by atoms with Gasteiger partial charge in [0.25, 0.3) is 0 Å². The van der Waals surface area contributed by atoms with Crippen LogP contribution in [0.15, 0.2) is 29.3 Å². The van der Waals surface area contributed by atoms with Crippen LogP contribution in [0.2, 0.25) is 5.02 Å². The van der Waals surface area contributed by atoms with Crippen molar-refractivity contribution in [2.75, 3.05) is 32.4 Å². The van der Waals surface area contributed by atoms with Gasteiger partial charge >= 0.3 is 0 Å². The Morgan fingerprint density at radius 2 is 1.96 bits per heavy atom. The van der Waals surface area contributed by atoms with Gasteiger partial charge in [0.05, 0.1) is 10.5 Å². The number of halogens is 2. The first kappa shape index (κ1) is 23.5. The highest BCUT2D eigenvalue weighted by molar-refractivity contribution is 14.0. The van der Waals surface area contributed by atoms with E-state index >= 15 is 0 Å². The molecule has 26 heavy (non-hydrogen) atoms. The van der Waals surface area contributed by atoms with Gasteiger partial charge in [0, 0.05) is 37.1 Å². The molecule has 0 bridgehead atoms. The van der Waals surface area contributed by atoms with E-state index in [9.17, 15) is 8.42 Å². The van der Waals surface area contributed by atoms with Crippen molar-refractivity contribution in [1.82, 2.24) is 10.2 Å². The Hall–Kier alpha value is -0.540. The lowest BCUT2D eigenvalue weighted by molar-refractivity contribution is 0.349. The van der Waals surface area contributed by atoms with Crippen LogP contribution in [0.4, 0.5) is 0 Å². The highest BCUT2D eigenvalue weighted by Crippen LogP contribution is 2.29. The number of rotatable bonds is 3. The van der Waals surface area contributed by atoms with Crippen molar-refractivity contribution in [2.24, 2.45) is 4.99 Å². The van der Waals surface area contributed by atoms with Crippen LogP contribution in [0, 0.1) is 0 Å². The fourth-order valence-corrected chi connectivity index (χ4v) is 4.82. The maximum absolute atomic E-state index is 12.2. The van der Waals surface area contributed by atoms with Crippen LogP contribution in [0.1, 0.15) is 33.3 Å². The van der Waals surface area contributed by atoms with Gasteiger partial charge in [-0.3, -0.25) is 4.99 Å². The Labute approximate surface area is 179 Å². The van der Waals surface area contributed by atoms with Crippen molar-refractivity contribution in [1.29, 1.82) is 0 Å². The highest BCUT2D eigenvalue weighted by atomic mass is 127. The first-order valence-electron chi connectivity index (χ1n) is 8.43. The number of sulfone groups is 1. The summed E-state index contributed by atoms with van der Waals surface area (Å²) < 4.78 is 23.6. The third-order valence-electron chi connectivity index (χ3n) is 4.85. The van der Waals surface area contributed by atoms with Gasteiger partial charge in [-0.2, -0.15) is 0 Å². The van der Waals surface area contributed by atoms with Crippen molar-refractivity contribution < 1.29 is 8.42 Å². The second-order valence-corrected chi connectivity index (χ2v) is 10.9. The molecule has 1 saturated heterocycles. The van der Waals surface area contributed by atoms with Gasteiger partial charge in [-0.15, -0.1) is 24.0 Å². The molecule has 1 N–H and O–H groups in total. The second kappa shape index (κ2) is 8.65. The highest BCUT2D eigenvalue weighted by Gasteiger charge is 2.41. The molecule has 0 aromatic heterocycles. The van der Waals surface area contributed by atoms with Gasteiger partial charge in [-0.25, -0.2) is 8.42 Å². The number of aliphatic imine (C=N–C) groups is 1. The number of nitrogens with one attached hydrogen (secondary N) is 1. The summed E-state index contributed by atoms with van der Waals surface area (Å²) >= 11 is 6.34. The summed E-state index contributed by atoms with van der Waals surface area (Å²) in [6, 6.07) is 7.83. The van der Waals surface area contributed by atoms with Crippen LogP contribution in [-0.4, -0.2) is 56.5 Å². The molecule has 1 fully saturated rings. The standard InChI is InChI=1S/C18H28ClN3O2S.HI/c1-17(2,14-8-6-7-9-15(14)19)12-21-16(20-5)22-10-11-25(23,24)18(3,4)13-22;/h6-9H,10-13H2,1-5H3,(H,20,21);1H. The minimum Gasteiger partial charge on any atom is -0.355 e. The van der Waals surface area contributed by atoms with Gasteiger partial charge in [-0.05, 0) is 25.5 Å². The topological polar surface area (TPSA) is 61.8 Å². The lowest BCUT2D eigenvalue weighted by Gasteiger charge is -2.40. The van der Waals surface area contributed by atoms with Crippen LogP contribution in [-0.2, 0) is 15.3 Å². The van der Waals surface area contributed by atoms with Crippen molar-refractivity contribution in [3.63, 3.8) is 0 Å². The average molecular weight is 514 g/mol. The zero-order valence-electron chi connectivity index (χ0n) is 16.0. The summed E-state index contributed by atoms with van der Waals surface area (Å²) in [4.78, 5) is 6.37. The van der Waals surface area contributed by atoms with E-state index in [1.165, 1.54) is 0 Å². The molecule has 1 heterocycles. The maximum Gasteiger partial charge on any atom is 0.193 e. The number of hydrogen-bond donors (Lipinski definition) is 1. The fraction of sp³-hybridized carbons (Fsp3) is 0.611. The van der Waals surface area contributed by atoms with E-state index in [0.717, 1.165) is 16.5 Å². The SMILES string of the molecule is CN=C(NCC(C)(C)c1ccccc1Cl)N1CCS(=O)(=O)C(C)(C)C1.I. The van der Waals surface area contributed by atoms with Crippen LogP contribution in [0.25, 0.3) is 0 Å². The third-order valence-corrected chi connectivity index (χ3v) is 7.71. The quantitative estimate of drug-likeness (QED) is 0.383. The molecule has 5 nitrogen and oxygen atoms in total. The zero-order valence-corrected chi connectivity index (χ0v) is 19.9. The molecule has 2 rings (SSSR count). The van der Waals surface area contributed by atoms with Crippen LogP contribution in [0.3, 0.4) is 0 Å². The normalized spacial score (nSPS) is 19.6. The van der Waals surface area contributed by atoms with Crippen molar-refractivity contribution in [3.8, 4) is 0 Å². The molecule has 0 radical (unpaired) electrons. The van der Waals surface area contributed by atoms with Gasteiger partial charge in [-0.1, -0.05) is 43.6 Å². The molecule has 1 aliphatic heterocycles. The maximum atomic E-state index is 12.2. The Balaban J connectivity index is 0.00000338. The molecular formula is C18H29ClIN3O2S. The second-order valence-electron chi connectivity index (χ2n) is 7.76. The van der Waals surface area contributed by atoms with Gasteiger partial charge in [0.2, 0.25) is 0 Å². The molecule has 148 valence electrons. The van der Waals surface area contributed by atoms with E-state index in [4.69, 9.17) is 11.6 Å². The van der Waals surface area contributed by atoms with E-state index < -0.39 is 14.6 Å². The van der Waals surface area contributed by atoms with E-state index in [1.807, 2.05) is 29.2 Å². The van der Waals surface area contributed by atoms with Gasteiger partial charge in [0.1, 0.15) is 0 Å². The Bertz CT molecular complexity index is 763. The van der Waals surface area contributed by atoms with Crippen LogP contribution in [0.5, 0.6) is 0 Å². The van der Waals surface area contributed by atoms with Crippen molar-refractivity contribution in [2.45, 2.75) is 37.9 Å². The molecule has 1 aliphatic rings. The predicted molar refractivity (Wildman–Crippen MR) is 121 cm³/mol. The van der Waals surface area contributed by atoms with E-state index in [0.29, 0.717) is 19.6 Å². The fourth-order valence-electron chi connectivity index (χ4n) is 3.06. The molecule has 1 aromatic rings. The van der Waals surface area contributed by atoms with E-state index in [1.54, 1.807) is 20.9 Å². The molecule has 0 atom stereocenters. The predicted octanol–water partition coefficient (Wildman–Crippen LogP) is 3.32. The summed E-state index contributed by atoms with van der Waals surface area (Å²) in [5.41, 5.74) is 0.882. The molecule has 0 spiro atoms. The van der Waals surface area contributed by atoms with E-state index in [2.05, 4.69) is 24.2 Å². The zero-order chi connectivity index (χ0) is 18.9. The lowest BCUT2D eigenvalue weighted by atomic mass is 9.84. The molecule has 8 heteroatoms. The number of nitrogens with zero attached hydrogens (tertiary/aromatic N) is 2. The molecule has 0 unspecified atom stereocenters. The summed E-state index contributed by atoms with van der Waals surface area (Å²) in [6.45, 7) is 9.33. The number of benzene rings is 1. The van der Waals surface area contributed by atoms with Crippen molar-refractivity contribution >= 4 is 51.4 Å². The summed E-state index contributed by atoms with van der Waals surface area (Å²) in [5, 5.41) is 4.14. The molecule has 0 saturated carbocycles. The Morgan fingerprint density at radius 1 is 1.35 bits per heavy atom. The third kappa shape index (κ3) is 5.04. The Kier molecular flexibility index (Phi) is 7.81. The van der Waals surface area contributed by atoms with Crippen LogP contribution < -0.4 is 5.32 Å².